The third-order valence-corrected chi connectivity index (χ3v) is 2.56. The van der Waals surface area contributed by atoms with Gasteiger partial charge in [-0.25, -0.2) is 0 Å². The van der Waals surface area contributed by atoms with Crippen LogP contribution in [0.15, 0.2) is 0 Å². The average molecular weight is 229 g/mol. The van der Waals surface area contributed by atoms with Crippen LogP contribution in [0.3, 0.4) is 0 Å². The largest absolute Gasteiger partial charge is 0.480 e. The van der Waals surface area contributed by atoms with Crippen LogP contribution in [0.2, 0.25) is 0 Å². The first-order valence-corrected chi connectivity index (χ1v) is 5.55. The van der Waals surface area contributed by atoms with Crippen LogP contribution >= 0.6 is 0 Å². The Morgan fingerprint density at radius 2 is 1.62 bits per heavy atom. The fourth-order valence-electron chi connectivity index (χ4n) is 1.75. The van der Waals surface area contributed by atoms with E-state index in [0.29, 0.717) is 26.2 Å². The normalized spacial score (nSPS) is 18.3. The molecule has 1 saturated heterocycles. The van der Waals surface area contributed by atoms with Gasteiger partial charge in [-0.2, -0.15) is 0 Å². The van der Waals surface area contributed by atoms with E-state index in [-0.39, 0.29) is 12.5 Å². The van der Waals surface area contributed by atoms with E-state index in [1.54, 1.807) is 0 Å². The van der Waals surface area contributed by atoms with Crippen LogP contribution in [-0.2, 0) is 9.59 Å². The fourth-order valence-corrected chi connectivity index (χ4v) is 1.75. The van der Waals surface area contributed by atoms with Gasteiger partial charge in [-0.3, -0.25) is 19.4 Å². The van der Waals surface area contributed by atoms with Crippen LogP contribution in [-0.4, -0.2) is 72.6 Å². The number of likely N-dealkylation sites (N-methyl/N-ethyl adjacent to an activating group) is 1. The van der Waals surface area contributed by atoms with E-state index in [1.807, 2.05) is 16.7 Å². The molecule has 0 aliphatic carbocycles. The summed E-state index contributed by atoms with van der Waals surface area (Å²) in [5.74, 6) is -0.758. The topological polar surface area (TPSA) is 72.9 Å². The SMILES string of the molecule is CCNC(=O)CN1CCN(CC(=O)O)CC1. The maximum atomic E-state index is 11.3. The summed E-state index contributed by atoms with van der Waals surface area (Å²) in [6.07, 6.45) is 0. The van der Waals surface area contributed by atoms with Gasteiger partial charge in [-0.1, -0.05) is 0 Å². The number of piperazine rings is 1. The third-order valence-electron chi connectivity index (χ3n) is 2.56. The van der Waals surface area contributed by atoms with Gasteiger partial charge in [0.05, 0.1) is 13.1 Å². The second kappa shape index (κ2) is 6.44. The van der Waals surface area contributed by atoms with Crippen molar-refractivity contribution in [2.45, 2.75) is 6.92 Å². The zero-order valence-electron chi connectivity index (χ0n) is 9.61. The smallest absolute Gasteiger partial charge is 0.317 e. The number of carboxylic acids is 1. The Bertz CT molecular complexity index is 250. The summed E-state index contributed by atoms with van der Waals surface area (Å²) in [6, 6.07) is 0. The predicted molar refractivity (Wildman–Crippen MR) is 59.2 cm³/mol. The molecule has 1 fully saturated rings. The maximum absolute atomic E-state index is 11.3. The summed E-state index contributed by atoms with van der Waals surface area (Å²) in [6.45, 7) is 5.98. The average Bonchev–Trinajstić information content (AvgIpc) is 2.20. The van der Waals surface area contributed by atoms with Gasteiger partial charge in [-0.05, 0) is 6.92 Å². The van der Waals surface area contributed by atoms with Crippen molar-refractivity contribution in [3.8, 4) is 0 Å². The third kappa shape index (κ3) is 4.59. The van der Waals surface area contributed by atoms with Gasteiger partial charge in [0.2, 0.25) is 5.91 Å². The lowest BCUT2D eigenvalue weighted by Gasteiger charge is -2.33. The summed E-state index contributed by atoms with van der Waals surface area (Å²) < 4.78 is 0. The Morgan fingerprint density at radius 3 is 2.06 bits per heavy atom. The lowest BCUT2D eigenvalue weighted by molar-refractivity contribution is -0.139. The first kappa shape index (κ1) is 12.9. The molecule has 0 aromatic carbocycles. The minimum Gasteiger partial charge on any atom is -0.480 e. The quantitative estimate of drug-likeness (QED) is 0.621. The van der Waals surface area contributed by atoms with Gasteiger partial charge in [0, 0.05) is 32.7 Å². The van der Waals surface area contributed by atoms with Crippen LogP contribution < -0.4 is 5.32 Å². The number of nitrogens with one attached hydrogen (secondary N) is 1. The van der Waals surface area contributed by atoms with Gasteiger partial charge in [0.15, 0.2) is 0 Å². The number of hydrogen-bond acceptors (Lipinski definition) is 4. The molecule has 0 unspecified atom stereocenters. The van der Waals surface area contributed by atoms with Crippen molar-refractivity contribution in [2.24, 2.45) is 0 Å². The van der Waals surface area contributed by atoms with Crippen molar-refractivity contribution in [1.82, 2.24) is 15.1 Å². The number of carboxylic acid groups (broad SMARTS) is 1. The number of rotatable bonds is 5. The standard InChI is InChI=1S/C10H19N3O3/c1-2-11-9(14)7-12-3-5-13(6-4-12)8-10(15)16/h2-8H2,1H3,(H,11,14)(H,15,16). The molecule has 0 radical (unpaired) electrons. The molecule has 0 atom stereocenters. The molecular formula is C10H19N3O3. The predicted octanol–water partition coefficient (Wildman–Crippen LogP) is -1.18. The van der Waals surface area contributed by atoms with Crippen molar-refractivity contribution in [3.05, 3.63) is 0 Å². The molecule has 6 heteroatoms. The van der Waals surface area contributed by atoms with Crippen molar-refractivity contribution in [1.29, 1.82) is 0 Å². The van der Waals surface area contributed by atoms with E-state index >= 15 is 0 Å². The molecular weight excluding hydrogens is 210 g/mol. The molecule has 0 aromatic heterocycles. The highest BCUT2D eigenvalue weighted by atomic mass is 16.4. The Labute approximate surface area is 95.2 Å². The zero-order chi connectivity index (χ0) is 12.0. The molecule has 16 heavy (non-hydrogen) atoms. The highest BCUT2D eigenvalue weighted by Crippen LogP contribution is 2.00. The van der Waals surface area contributed by atoms with Gasteiger partial charge in [0.1, 0.15) is 0 Å². The highest BCUT2D eigenvalue weighted by Gasteiger charge is 2.19. The lowest BCUT2D eigenvalue weighted by atomic mass is 10.3. The van der Waals surface area contributed by atoms with Crippen molar-refractivity contribution < 1.29 is 14.7 Å². The minimum atomic E-state index is -0.794. The van der Waals surface area contributed by atoms with Gasteiger partial charge < -0.3 is 10.4 Å². The summed E-state index contributed by atoms with van der Waals surface area (Å²) in [7, 11) is 0. The van der Waals surface area contributed by atoms with Gasteiger partial charge >= 0.3 is 5.97 Å². The van der Waals surface area contributed by atoms with E-state index in [1.165, 1.54) is 0 Å². The zero-order valence-corrected chi connectivity index (χ0v) is 9.61. The van der Waals surface area contributed by atoms with Gasteiger partial charge in [0.25, 0.3) is 0 Å². The second-order valence-corrected chi connectivity index (χ2v) is 3.90. The summed E-state index contributed by atoms with van der Waals surface area (Å²) in [4.78, 5) is 25.7. The van der Waals surface area contributed by atoms with Crippen LogP contribution in [0.4, 0.5) is 0 Å². The van der Waals surface area contributed by atoms with E-state index in [0.717, 1.165) is 13.1 Å². The van der Waals surface area contributed by atoms with Crippen LogP contribution in [0.25, 0.3) is 0 Å². The van der Waals surface area contributed by atoms with E-state index in [2.05, 4.69) is 5.32 Å². The molecule has 0 bridgehead atoms. The Kier molecular flexibility index (Phi) is 5.21. The Balaban J connectivity index is 2.21. The molecule has 2 N–H and O–H groups in total. The Hall–Kier alpha value is -1.14. The first-order chi connectivity index (χ1) is 7.61. The molecule has 0 spiro atoms. The van der Waals surface area contributed by atoms with Crippen LogP contribution in [0.5, 0.6) is 0 Å². The molecule has 1 heterocycles. The van der Waals surface area contributed by atoms with Crippen LogP contribution in [0, 0.1) is 0 Å². The Morgan fingerprint density at radius 1 is 1.12 bits per heavy atom. The number of carbonyl (C=O) groups excluding carboxylic acids is 1. The summed E-state index contributed by atoms with van der Waals surface area (Å²) >= 11 is 0. The molecule has 1 rings (SSSR count). The second-order valence-electron chi connectivity index (χ2n) is 3.90. The highest BCUT2D eigenvalue weighted by molar-refractivity contribution is 5.77. The first-order valence-electron chi connectivity index (χ1n) is 5.55. The fraction of sp³-hybridized carbons (Fsp3) is 0.800. The number of nitrogens with zero attached hydrogens (tertiary/aromatic N) is 2. The number of amides is 1. The molecule has 1 amide bonds. The molecule has 1 aliphatic rings. The van der Waals surface area contributed by atoms with E-state index in [4.69, 9.17) is 5.11 Å². The molecule has 92 valence electrons. The van der Waals surface area contributed by atoms with E-state index in [9.17, 15) is 9.59 Å². The maximum Gasteiger partial charge on any atom is 0.317 e. The summed E-state index contributed by atoms with van der Waals surface area (Å²) in [5, 5.41) is 11.4. The van der Waals surface area contributed by atoms with Crippen molar-refractivity contribution in [2.75, 3.05) is 45.8 Å². The number of aliphatic carboxylic acids is 1. The minimum absolute atomic E-state index is 0.0363. The molecule has 6 nitrogen and oxygen atoms in total. The van der Waals surface area contributed by atoms with E-state index < -0.39 is 5.97 Å². The molecule has 0 saturated carbocycles. The number of hydrogen-bond donors (Lipinski definition) is 2. The van der Waals surface area contributed by atoms with Crippen molar-refractivity contribution in [3.63, 3.8) is 0 Å². The molecule has 1 aliphatic heterocycles. The monoisotopic (exact) mass is 229 g/mol. The molecule has 0 aromatic rings. The van der Waals surface area contributed by atoms with Crippen LogP contribution in [0.1, 0.15) is 6.92 Å². The van der Waals surface area contributed by atoms with Crippen molar-refractivity contribution >= 4 is 11.9 Å². The summed E-state index contributed by atoms with van der Waals surface area (Å²) in [5.41, 5.74) is 0. The number of carbonyl (C=O) groups is 2. The van der Waals surface area contributed by atoms with Gasteiger partial charge in [-0.15, -0.1) is 0 Å². The lowest BCUT2D eigenvalue weighted by Crippen LogP contribution is -2.50.